The van der Waals surface area contributed by atoms with Crippen molar-refractivity contribution in [3.63, 3.8) is 0 Å². The van der Waals surface area contributed by atoms with Crippen molar-refractivity contribution < 1.29 is 14.3 Å². The van der Waals surface area contributed by atoms with Gasteiger partial charge in [0.15, 0.2) is 11.5 Å². The Bertz CT molecular complexity index is 1030. The smallest absolute Gasteiger partial charge is 0.343 e. The second-order valence-electron chi connectivity index (χ2n) is 5.84. The van der Waals surface area contributed by atoms with Crippen molar-refractivity contribution in [3.05, 3.63) is 106 Å². The molecule has 0 saturated carbocycles. The number of hydrogen-bond donors (Lipinski definition) is 0. The molecule has 4 rings (SSSR count). The van der Waals surface area contributed by atoms with Gasteiger partial charge in [0, 0.05) is 15.6 Å². The second-order valence-corrected chi connectivity index (χ2v) is 6.76. The third-order valence-corrected chi connectivity index (χ3v) is 4.74. The molecule has 0 radical (unpaired) electrons. The van der Waals surface area contributed by atoms with Crippen molar-refractivity contribution in [2.75, 3.05) is 0 Å². The number of esters is 1. The van der Waals surface area contributed by atoms with Crippen LogP contribution >= 0.6 is 15.9 Å². The van der Waals surface area contributed by atoms with Crippen LogP contribution in [0.2, 0.25) is 0 Å². The zero-order chi connectivity index (χ0) is 18.1. The molecule has 0 amide bonds. The van der Waals surface area contributed by atoms with Gasteiger partial charge in [-0.2, -0.15) is 0 Å². The number of Topliss-reactive ketones (excluding diaryl/α,β-unsaturated/α-hetero) is 1. The lowest BCUT2D eigenvalue weighted by atomic mass is 10.0. The van der Waals surface area contributed by atoms with Crippen molar-refractivity contribution in [2.24, 2.45) is 0 Å². The Balaban J connectivity index is 1.81. The maximum absolute atomic E-state index is 12.9. The number of carbonyl (C=O) groups excluding carboxylic acids is 2. The van der Waals surface area contributed by atoms with Gasteiger partial charge >= 0.3 is 5.97 Å². The summed E-state index contributed by atoms with van der Waals surface area (Å²) in [6.45, 7) is 0. The van der Waals surface area contributed by atoms with E-state index >= 15 is 0 Å². The van der Waals surface area contributed by atoms with Crippen LogP contribution in [0, 0.1) is 0 Å². The van der Waals surface area contributed by atoms with Gasteiger partial charge in [-0.3, -0.25) is 4.79 Å². The zero-order valence-electron chi connectivity index (χ0n) is 13.6. The zero-order valence-corrected chi connectivity index (χ0v) is 15.2. The van der Waals surface area contributed by atoms with Crippen molar-refractivity contribution >= 4 is 39.0 Å². The van der Waals surface area contributed by atoms with E-state index in [-0.39, 0.29) is 5.78 Å². The Morgan fingerprint density at radius 3 is 2.08 bits per heavy atom. The van der Waals surface area contributed by atoms with Crippen molar-refractivity contribution in [2.45, 2.75) is 0 Å². The first-order chi connectivity index (χ1) is 12.6. The number of hydrogen-bond acceptors (Lipinski definition) is 3. The number of benzene rings is 3. The fraction of sp³-hybridized carbons (Fsp3) is 0. The van der Waals surface area contributed by atoms with Crippen LogP contribution in [0.5, 0.6) is 0 Å². The highest BCUT2D eigenvalue weighted by atomic mass is 79.9. The summed E-state index contributed by atoms with van der Waals surface area (Å²) in [6, 6.07) is 23.4. The summed E-state index contributed by atoms with van der Waals surface area (Å²) in [6.07, 6.45) is 0. The van der Waals surface area contributed by atoms with Crippen LogP contribution in [-0.2, 0) is 4.74 Å². The lowest BCUT2D eigenvalue weighted by molar-refractivity contribution is 0.0693. The first-order valence-electron chi connectivity index (χ1n) is 8.06. The topological polar surface area (TPSA) is 43.4 Å². The van der Waals surface area contributed by atoms with Crippen molar-refractivity contribution in [1.82, 2.24) is 0 Å². The van der Waals surface area contributed by atoms with E-state index in [1.807, 2.05) is 36.4 Å². The van der Waals surface area contributed by atoms with E-state index in [2.05, 4.69) is 15.9 Å². The monoisotopic (exact) mass is 404 g/mol. The molecule has 0 bridgehead atoms. The molecule has 0 unspecified atom stereocenters. The summed E-state index contributed by atoms with van der Waals surface area (Å²) in [5.41, 5.74) is 2.75. The molecule has 1 aliphatic rings. The van der Waals surface area contributed by atoms with E-state index in [0.29, 0.717) is 28.0 Å². The predicted octanol–water partition coefficient (Wildman–Crippen LogP) is 5.37. The maximum atomic E-state index is 12.9. The second kappa shape index (κ2) is 6.73. The Morgan fingerprint density at radius 1 is 0.769 bits per heavy atom. The molecular weight excluding hydrogens is 392 g/mol. The molecule has 0 fully saturated rings. The summed E-state index contributed by atoms with van der Waals surface area (Å²) in [5.74, 6) is -0.319. The van der Waals surface area contributed by atoms with E-state index < -0.39 is 5.97 Å². The van der Waals surface area contributed by atoms with Gasteiger partial charge in [-0.25, -0.2) is 4.79 Å². The molecule has 0 saturated heterocycles. The molecule has 126 valence electrons. The van der Waals surface area contributed by atoms with E-state index in [1.54, 1.807) is 42.5 Å². The number of allylic oxidation sites excluding steroid dienone is 1. The van der Waals surface area contributed by atoms with Crippen LogP contribution < -0.4 is 0 Å². The molecule has 3 nitrogen and oxygen atoms in total. The molecule has 0 spiro atoms. The molecule has 3 aromatic rings. The number of ether oxygens (including phenoxy) is 1. The highest BCUT2D eigenvalue weighted by molar-refractivity contribution is 9.10. The molecule has 4 heteroatoms. The normalized spacial score (nSPS) is 12.9. The van der Waals surface area contributed by atoms with Gasteiger partial charge in [0.2, 0.25) is 0 Å². The standard InChI is InChI=1S/C22H13BrO3/c23-16-12-10-15(11-13-16)22(25)26-21-18-9-5-4-8-17(18)20(24)19(21)14-6-2-1-3-7-14/h1-13H. The summed E-state index contributed by atoms with van der Waals surface area (Å²) in [4.78, 5) is 25.5. The van der Waals surface area contributed by atoms with Crippen LogP contribution in [0.4, 0.5) is 0 Å². The maximum Gasteiger partial charge on any atom is 0.343 e. The van der Waals surface area contributed by atoms with Crippen molar-refractivity contribution in [3.8, 4) is 0 Å². The molecule has 0 heterocycles. The average Bonchev–Trinajstić information content (AvgIpc) is 2.95. The largest absolute Gasteiger partial charge is 0.421 e. The Hall–Kier alpha value is -2.98. The Labute approximate surface area is 159 Å². The predicted molar refractivity (Wildman–Crippen MR) is 104 cm³/mol. The molecule has 0 N–H and O–H groups in total. The van der Waals surface area contributed by atoms with Gasteiger partial charge in [0.05, 0.1) is 11.1 Å². The first-order valence-corrected chi connectivity index (χ1v) is 8.86. The van der Waals surface area contributed by atoms with Crippen LogP contribution in [-0.4, -0.2) is 11.8 Å². The first kappa shape index (κ1) is 16.5. The molecule has 0 atom stereocenters. The van der Waals surface area contributed by atoms with E-state index in [0.717, 1.165) is 10.0 Å². The van der Waals surface area contributed by atoms with E-state index in [1.165, 1.54) is 0 Å². The fourth-order valence-electron chi connectivity index (χ4n) is 2.96. The number of ketones is 1. The third-order valence-electron chi connectivity index (χ3n) is 4.21. The van der Waals surface area contributed by atoms with Crippen LogP contribution in [0.25, 0.3) is 11.3 Å². The number of carbonyl (C=O) groups is 2. The lowest BCUT2D eigenvalue weighted by Gasteiger charge is -2.09. The molecule has 3 aromatic carbocycles. The van der Waals surface area contributed by atoms with Crippen LogP contribution in [0.3, 0.4) is 0 Å². The molecule has 0 aromatic heterocycles. The van der Waals surface area contributed by atoms with Gasteiger partial charge < -0.3 is 4.74 Å². The minimum atomic E-state index is -0.495. The van der Waals surface area contributed by atoms with Gasteiger partial charge in [0.1, 0.15) is 0 Å². The van der Waals surface area contributed by atoms with E-state index in [4.69, 9.17) is 4.74 Å². The minimum Gasteiger partial charge on any atom is -0.421 e. The average molecular weight is 405 g/mol. The fourth-order valence-corrected chi connectivity index (χ4v) is 3.23. The Morgan fingerprint density at radius 2 is 1.38 bits per heavy atom. The van der Waals surface area contributed by atoms with Crippen molar-refractivity contribution in [1.29, 1.82) is 0 Å². The molecular formula is C22H13BrO3. The highest BCUT2D eigenvalue weighted by Gasteiger charge is 2.33. The number of fused-ring (bicyclic) bond motifs is 1. The number of halogens is 1. The highest BCUT2D eigenvalue weighted by Crippen LogP contribution is 2.39. The summed E-state index contributed by atoms with van der Waals surface area (Å²) >= 11 is 3.35. The molecule has 0 aliphatic heterocycles. The lowest BCUT2D eigenvalue weighted by Crippen LogP contribution is -2.05. The summed E-state index contributed by atoms with van der Waals surface area (Å²) in [7, 11) is 0. The summed E-state index contributed by atoms with van der Waals surface area (Å²) in [5, 5.41) is 0. The molecule has 26 heavy (non-hydrogen) atoms. The SMILES string of the molecule is O=C(OC1=C(c2ccccc2)C(=O)c2ccccc21)c1ccc(Br)cc1. The molecule has 1 aliphatic carbocycles. The van der Waals surface area contributed by atoms with Gasteiger partial charge in [-0.05, 0) is 29.8 Å². The number of rotatable bonds is 3. The minimum absolute atomic E-state index is 0.134. The van der Waals surface area contributed by atoms with E-state index in [9.17, 15) is 9.59 Å². The summed E-state index contributed by atoms with van der Waals surface area (Å²) < 4.78 is 6.58. The van der Waals surface area contributed by atoms with Crippen LogP contribution in [0.1, 0.15) is 31.8 Å². The van der Waals surface area contributed by atoms with Gasteiger partial charge in [0.25, 0.3) is 0 Å². The quantitative estimate of drug-likeness (QED) is 0.551. The Kier molecular flexibility index (Phi) is 4.27. The van der Waals surface area contributed by atoms with Crippen LogP contribution in [0.15, 0.2) is 83.3 Å². The van der Waals surface area contributed by atoms with Gasteiger partial charge in [-0.1, -0.05) is 70.5 Å². The van der Waals surface area contributed by atoms with Gasteiger partial charge in [-0.15, -0.1) is 0 Å². The third kappa shape index (κ3) is 2.89.